The van der Waals surface area contributed by atoms with E-state index in [-0.39, 0.29) is 6.04 Å². The van der Waals surface area contributed by atoms with Crippen LogP contribution in [0.25, 0.3) is 11.3 Å². The Morgan fingerprint density at radius 1 is 1.16 bits per heavy atom. The molecule has 0 aliphatic rings. The molecule has 2 aromatic rings. The molecule has 1 aromatic heterocycles. The minimum atomic E-state index is 0.282. The molecular formula is C15H17Br2NO. The Balaban J connectivity index is 2.32. The summed E-state index contributed by atoms with van der Waals surface area (Å²) in [5.74, 6) is 1.88. The van der Waals surface area contributed by atoms with Gasteiger partial charge in [0.2, 0.25) is 0 Å². The summed E-state index contributed by atoms with van der Waals surface area (Å²) in [7, 11) is 0. The van der Waals surface area contributed by atoms with Crippen LogP contribution in [0.2, 0.25) is 0 Å². The van der Waals surface area contributed by atoms with Crippen molar-refractivity contribution >= 4 is 31.9 Å². The molecule has 0 amide bonds. The van der Waals surface area contributed by atoms with Gasteiger partial charge in [-0.2, -0.15) is 0 Å². The number of hydrogen-bond acceptors (Lipinski definition) is 2. The molecule has 0 bridgehead atoms. The molecule has 2 rings (SSSR count). The third-order valence-electron chi connectivity index (χ3n) is 3.02. The van der Waals surface area contributed by atoms with Crippen molar-refractivity contribution in [3.63, 3.8) is 0 Å². The van der Waals surface area contributed by atoms with E-state index in [2.05, 4.69) is 63.2 Å². The third-order valence-corrected chi connectivity index (χ3v) is 4.21. The smallest absolute Gasteiger partial charge is 0.135 e. The first kappa shape index (κ1) is 14.8. The number of benzene rings is 1. The summed E-state index contributed by atoms with van der Waals surface area (Å²) in [6, 6.07) is 10.4. The van der Waals surface area contributed by atoms with Gasteiger partial charge in [0.1, 0.15) is 11.5 Å². The summed E-state index contributed by atoms with van der Waals surface area (Å²) in [5.41, 5.74) is 1.06. The van der Waals surface area contributed by atoms with E-state index in [1.54, 1.807) is 0 Å². The number of halogens is 2. The molecule has 0 radical (unpaired) electrons. The zero-order valence-electron chi connectivity index (χ0n) is 11.0. The second-order valence-electron chi connectivity index (χ2n) is 4.34. The lowest BCUT2D eigenvalue weighted by atomic mass is 10.1. The van der Waals surface area contributed by atoms with Crippen LogP contribution in [0.4, 0.5) is 0 Å². The zero-order chi connectivity index (χ0) is 13.8. The molecule has 0 saturated carbocycles. The van der Waals surface area contributed by atoms with Gasteiger partial charge in [0, 0.05) is 14.5 Å². The molecule has 1 heterocycles. The second-order valence-corrected chi connectivity index (χ2v) is 6.11. The monoisotopic (exact) mass is 385 g/mol. The Bertz CT molecular complexity index is 551. The van der Waals surface area contributed by atoms with Crippen LogP contribution in [0.15, 0.2) is 43.7 Å². The van der Waals surface area contributed by atoms with Gasteiger partial charge in [-0.15, -0.1) is 0 Å². The Labute approximate surface area is 130 Å². The van der Waals surface area contributed by atoms with Crippen molar-refractivity contribution in [3.05, 3.63) is 45.0 Å². The maximum Gasteiger partial charge on any atom is 0.135 e. The van der Waals surface area contributed by atoms with Gasteiger partial charge >= 0.3 is 0 Å². The van der Waals surface area contributed by atoms with E-state index in [4.69, 9.17) is 4.42 Å². The fourth-order valence-corrected chi connectivity index (χ4v) is 2.87. The van der Waals surface area contributed by atoms with Crippen molar-refractivity contribution < 1.29 is 4.42 Å². The molecule has 4 heteroatoms. The molecule has 1 aromatic carbocycles. The predicted octanol–water partition coefficient (Wildman–Crippen LogP) is 5.53. The van der Waals surface area contributed by atoms with Crippen LogP contribution in [-0.4, -0.2) is 6.54 Å². The Kier molecular flexibility index (Phi) is 5.25. The molecule has 0 fully saturated rings. The van der Waals surface area contributed by atoms with E-state index in [0.29, 0.717) is 0 Å². The van der Waals surface area contributed by atoms with Crippen molar-refractivity contribution in [2.45, 2.75) is 26.3 Å². The average molecular weight is 387 g/mol. The highest BCUT2D eigenvalue weighted by atomic mass is 79.9. The molecule has 19 heavy (non-hydrogen) atoms. The van der Waals surface area contributed by atoms with Gasteiger partial charge in [-0.3, -0.25) is 0 Å². The normalized spacial score (nSPS) is 12.6. The minimum absolute atomic E-state index is 0.282. The van der Waals surface area contributed by atoms with Gasteiger partial charge in [-0.25, -0.2) is 0 Å². The summed E-state index contributed by atoms with van der Waals surface area (Å²) < 4.78 is 8.08. The van der Waals surface area contributed by atoms with Crippen molar-refractivity contribution in [1.29, 1.82) is 0 Å². The van der Waals surface area contributed by atoms with Crippen molar-refractivity contribution in [2.75, 3.05) is 6.54 Å². The van der Waals surface area contributed by atoms with Gasteiger partial charge in [0.15, 0.2) is 0 Å². The van der Waals surface area contributed by atoms with E-state index in [0.717, 1.165) is 39.0 Å². The molecular weight excluding hydrogens is 370 g/mol. The van der Waals surface area contributed by atoms with Crippen molar-refractivity contribution in [3.8, 4) is 11.3 Å². The SMILES string of the molecule is CCNC(CC)c1ccc(-c2cc(Br)ccc2Br)o1. The van der Waals surface area contributed by atoms with Crippen LogP contribution in [0.3, 0.4) is 0 Å². The van der Waals surface area contributed by atoms with Gasteiger partial charge in [0.25, 0.3) is 0 Å². The van der Waals surface area contributed by atoms with Crippen LogP contribution in [-0.2, 0) is 0 Å². The van der Waals surface area contributed by atoms with Gasteiger partial charge < -0.3 is 9.73 Å². The fourth-order valence-electron chi connectivity index (χ4n) is 2.06. The Morgan fingerprint density at radius 2 is 1.95 bits per heavy atom. The number of nitrogens with one attached hydrogen (secondary N) is 1. The molecule has 102 valence electrons. The van der Waals surface area contributed by atoms with E-state index in [1.165, 1.54) is 0 Å². The quantitative estimate of drug-likeness (QED) is 0.730. The van der Waals surface area contributed by atoms with Crippen LogP contribution in [0.5, 0.6) is 0 Å². The van der Waals surface area contributed by atoms with E-state index < -0.39 is 0 Å². The summed E-state index contributed by atoms with van der Waals surface area (Å²) in [5, 5.41) is 3.42. The number of rotatable bonds is 5. The Hall–Kier alpha value is -0.580. The minimum Gasteiger partial charge on any atom is -0.459 e. The first-order chi connectivity index (χ1) is 9.15. The average Bonchev–Trinajstić information content (AvgIpc) is 2.88. The van der Waals surface area contributed by atoms with E-state index in [1.807, 2.05) is 18.2 Å². The molecule has 0 aliphatic carbocycles. The standard InChI is InChI=1S/C15H17Br2NO/c1-3-13(18-4-2)15-8-7-14(19-15)11-9-10(16)5-6-12(11)17/h5-9,13,18H,3-4H2,1-2H3. The highest BCUT2D eigenvalue weighted by Crippen LogP contribution is 2.33. The molecule has 0 spiro atoms. The molecule has 0 saturated heterocycles. The van der Waals surface area contributed by atoms with Crippen LogP contribution < -0.4 is 5.32 Å². The van der Waals surface area contributed by atoms with Crippen LogP contribution >= 0.6 is 31.9 Å². The van der Waals surface area contributed by atoms with Crippen molar-refractivity contribution in [2.24, 2.45) is 0 Å². The molecule has 1 N–H and O–H groups in total. The molecule has 1 atom stereocenters. The summed E-state index contributed by atoms with van der Waals surface area (Å²) in [6.45, 7) is 5.21. The van der Waals surface area contributed by atoms with Gasteiger partial charge in [0.05, 0.1) is 6.04 Å². The number of hydrogen-bond donors (Lipinski definition) is 1. The first-order valence-corrected chi connectivity index (χ1v) is 8.02. The molecule has 1 unspecified atom stereocenters. The summed E-state index contributed by atoms with van der Waals surface area (Å²) in [6.07, 6.45) is 1.01. The topological polar surface area (TPSA) is 25.2 Å². The first-order valence-electron chi connectivity index (χ1n) is 6.44. The summed E-state index contributed by atoms with van der Waals surface area (Å²) in [4.78, 5) is 0. The zero-order valence-corrected chi connectivity index (χ0v) is 14.2. The Morgan fingerprint density at radius 3 is 2.63 bits per heavy atom. The van der Waals surface area contributed by atoms with Crippen LogP contribution in [0.1, 0.15) is 32.1 Å². The lowest BCUT2D eigenvalue weighted by molar-refractivity contribution is 0.417. The molecule has 0 aliphatic heterocycles. The highest BCUT2D eigenvalue weighted by molar-refractivity contribution is 9.11. The van der Waals surface area contributed by atoms with Crippen LogP contribution in [0, 0.1) is 0 Å². The fraction of sp³-hybridized carbons (Fsp3) is 0.333. The van der Waals surface area contributed by atoms with Crippen molar-refractivity contribution in [1.82, 2.24) is 5.32 Å². The van der Waals surface area contributed by atoms with E-state index in [9.17, 15) is 0 Å². The van der Waals surface area contributed by atoms with Gasteiger partial charge in [-0.1, -0.05) is 45.7 Å². The second kappa shape index (κ2) is 6.73. The van der Waals surface area contributed by atoms with E-state index >= 15 is 0 Å². The summed E-state index contributed by atoms with van der Waals surface area (Å²) >= 11 is 7.06. The largest absolute Gasteiger partial charge is 0.459 e. The predicted molar refractivity (Wildman–Crippen MR) is 86.3 cm³/mol. The third kappa shape index (κ3) is 3.50. The lowest BCUT2D eigenvalue weighted by Gasteiger charge is -2.12. The maximum absolute atomic E-state index is 6.00. The van der Waals surface area contributed by atoms with Gasteiger partial charge in [-0.05, 0) is 43.3 Å². The molecule has 2 nitrogen and oxygen atoms in total. The highest BCUT2D eigenvalue weighted by Gasteiger charge is 2.14. The lowest BCUT2D eigenvalue weighted by Crippen LogP contribution is -2.19. The number of furan rings is 1. The maximum atomic E-state index is 6.00.